The summed E-state index contributed by atoms with van der Waals surface area (Å²) in [4.78, 5) is 12.5. The van der Waals surface area contributed by atoms with Crippen molar-refractivity contribution >= 4 is 21.9 Å². The molecular formula is C24H23BrO3. The van der Waals surface area contributed by atoms with Gasteiger partial charge < -0.3 is 9.47 Å². The van der Waals surface area contributed by atoms with Crippen molar-refractivity contribution in [3.05, 3.63) is 82.8 Å². The molecule has 28 heavy (non-hydrogen) atoms. The Morgan fingerprint density at radius 2 is 1.50 bits per heavy atom. The van der Waals surface area contributed by atoms with Crippen molar-refractivity contribution in [1.82, 2.24) is 0 Å². The number of hydrogen-bond donors (Lipinski definition) is 0. The highest BCUT2D eigenvalue weighted by molar-refractivity contribution is 9.10. The third-order valence-corrected chi connectivity index (χ3v) is 4.90. The molecular weight excluding hydrogens is 416 g/mol. The van der Waals surface area contributed by atoms with Gasteiger partial charge in [0, 0.05) is 4.47 Å². The van der Waals surface area contributed by atoms with E-state index < -0.39 is 12.1 Å². The molecule has 0 fully saturated rings. The van der Waals surface area contributed by atoms with Gasteiger partial charge in [0.25, 0.3) is 0 Å². The van der Waals surface area contributed by atoms with Crippen LogP contribution >= 0.6 is 15.9 Å². The van der Waals surface area contributed by atoms with Gasteiger partial charge in [-0.1, -0.05) is 72.2 Å². The normalized spacial score (nSPS) is 11.9. The zero-order chi connectivity index (χ0) is 20.1. The summed E-state index contributed by atoms with van der Waals surface area (Å²) in [6, 6.07) is 23.4. The van der Waals surface area contributed by atoms with E-state index in [9.17, 15) is 4.79 Å². The van der Waals surface area contributed by atoms with Crippen LogP contribution in [0, 0.1) is 0 Å². The Balaban J connectivity index is 1.66. The van der Waals surface area contributed by atoms with Crippen LogP contribution in [0.2, 0.25) is 0 Å². The fourth-order valence-corrected chi connectivity index (χ4v) is 3.24. The van der Waals surface area contributed by atoms with Crippen LogP contribution in [0.5, 0.6) is 11.5 Å². The van der Waals surface area contributed by atoms with E-state index in [1.807, 2.05) is 54.6 Å². The summed E-state index contributed by atoms with van der Waals surface area (Å²) in [5, 5.41) is 0. The summed E-state index contributed by atoms with van der Waals surface area (Å²) in [5.41, 5.74) is 3.21. The van der Waals surface area contributed by atoms with Crippen LogP contribution in [0.3, 0.4) is 0 Å². The van der Waals surface area contributed by atoms with E-state index in [1.54, 1.807) is 13.0 Å². The van der Waals surface area contributed by atoms with E-state index in [4.69, 9.17) is 9.47 Å². The zero-order valence-electron chi connectivity index (χ0n) is 16.2. The van der Waals surface area contributed by atoms with Crippen molar-refractivity contribution in [3.63, 3.8) is 0 Å². The maximum Gasteiger partial charge on any atom is 0.352 e. The molecule has 3 aromatic rings. The molecule has 3 nitrogen and oxygen atoms in total. The van der Waals surface area contributed by atoms with Gasteiger partial charge >= 0.3 is 5.97 Å². The Labute approximate surface area is 174 Å². The molecule has 0 amide bonds. The molecule has 0 radical (unpaired) electrons. The minimum Gasteiger partial charge on any atom is -0.479 e. The van der Waals surface area contributed by atoms with Crippen LogP contribution < -0.4 is 9.47 Å². The predicted molar refractivity (Wildman–Crippen MR) is 116 cm³/mol. The summed E-state index contributed by atoms with van der Waals surface area (Å²) in [7, 11) is 0. The first-order valence-corrected chi connectivity index (χ1v) is 10.1. The van der Waals surface area contributed by atoms with Crippen molar-refractivity contribution < 1.29 is 14.3 Å². The second-order valence-electron chi connectivity index (χ2n) is 6.91. The van der Waals surface area contributed by atoms with Gasteiger partial charge in [0.05, 0.1) is 0 Å². The average Bonchev–Trinajstić information content (AvgIpc) is 2.70. The monoisotopic (exact) mass is 438 g/mol. The van der Waals surface area contributed by atoms with E-state index in [-0.39, 0.29) is 5.92 Å². The Morgan fingerprint density at radius 3 is 2.14 bits per heavy atom. The summed E-state index contributed by atoms with van der Waals surface area (Å²) in [5.74, 6) is 1.01. The molecule has 3 aromatic carbocycles. The lowest BCUT2D eigenvalue weighted by Gasteiger charge is -2.17. The smallest absolute Gasteiger partial charge is 0.352 e. The lowest BCUT2D eigenvalue weighted by Crippen LogP contribution is -2.28. The number of halogens is 1. The molecule has 0 heterocycles. The van der Waals surface area contributed by atoms with E-state index >= 15 is 0 Å². The highest BCUT2D eigenvalue weighted by Gasteiger charge is 2.20. The molecule has 1 atom stereocenters. The molecule has 0 spiro atoms. The van der Waals surface area contributed by atoms with Crippen LogP contribution in [0.25, 0.3) is 11.1 Å². The molecule has 0 aromatic heterocycles. The van der Waals surface area contributed by atoms with E-state index in [2.05, 4.69) is 41.9 Å². The van der Waals surface area contributed by atoms with Crippen LogP contribution in [-0.2, 0) is 4.79 Å². The van der Waals surface area contributed by atoms with Crippen molar-refractivity contribution in [2.75, 3.05) is 0 Å². The third-order valence-electron chi connectivity index (χ3n) is 4.41. The molecule has 0 aliphatic heterocycles. The fourth-order valence-electron chi connectivity index (χ4n) is 2.86. The third kappa shape index (κ3) is 5.02. The molecule has 1 unspecified atom stereocenters. The average molecular weight is 439 g/mol. The summed E-state index contributed by atoms with van der Waals surface area (Å²) in [6.45, 7) is 5.82. The summed E-state index contributed by atoms with van der Waals surface area (Å²) < 4.78 is 12.3. The maximum absolute atomic E-state index is 12.5. The van der Waals surface area contributed by atoms with Crippen molar-refractivity contribution in [2.45, 2.75) is 32.8 Å². The molecule has 144 valence electrons. The van der Waals surface area contributed by atoms with Gasteiger partial charge in [-0.2, -0.15) is 0 Å². The Bertz CT molecular complexity index is 934. The van der Waals surface area contributed by atoms with E-state index in [0.29, 0.717) is 11.5 Å². The SMILES string of the molecule is CC(Oc1ccc(-c2ccccc2)cc1)C(=O)Oc1ccc(Br)cc1C(C)C. The number of hydrogen-bond acceptors (Lipinski definition) is 3. The van der Waals surface area contributed by atoms with Gasteiger partial charge in [-0.15, -0.1) is 0 Å². The zero-order valence-corrected chi connectivity index (χ0v) is 17.8. The number of carbonyl (C=O) groups excluding carboxylic acids is 1. The Morgan fingerprint density at radius 1 is 0.857 bits per heavy atom. The van der Waals surface area contributed by atoms with Gasteiger partial charge in [-0.25, -0.2) is 4.79 Å². The van der Waals surface area contributed by atoms with Crippen molar-refractivity contribution in [2.24, 2.45) is 0 Å². The minimum absolute atomic E-state index is 0.238. The lowest BCUT2D eigenvalue weighted by atomic mass is 10.0. The second kappa shape index (κ2) is 9.07. The highest BCUT2D eigenvalue weighted by atomic mass is 79.9. The van der Waals surface area contributed by atoms with Crippen LogP contribution in [0.15, 0.2) is 77.3 Å². The van der Waals surface area contributed by atoms with Gasteiger partial charge in [0.1, 0.15) is 11.5 Å². The molecule has 0 saturated heterocycles. The number of esters is 1. The molecule has 3 rings (SSSR count). The van der Waals surface area contributed by atoms with Crippen molar-refractivity contribution in [1.29, 1.82) is 0 Å². The summed E-state index contributed by atoms with van der Waals surface area (Å²) >= 11 is 3.46. The fraction of sp³-hybridized carbons (Fsp3) is 0.208. The van der Waals surface area contributed by atoms with Crippen molar-refractivity contribution in [3.8, 4) is 22.6 Å². The molecule has 0 aliphatic carbocycles. The molecule has 4 heteroatoms. The standard InChI is InChI=1S/C24H23BrO3/c1-16(2)22-15-20(25)11-14-23(22)28-24(26)17(3)27-21-12-9-19(10-13-21)18-7-5-4-6-8-18/h4-17H,1-3H3. The Kier molecular flexibility index (Phi) is 6.53. The number of benzene rings is 3. The van der Waals surface area contributed by atoms with Gasteiger partial charge in [-0.05, 0) is 59.9 Å². The van der Waals surface area contributed by atoms with E-state index in [1.165, 1.54) is 0 Å². The number of rotatable bonds is 6. The number of ether oxygens (including phenoxy) is 2. The first kappa shape index (κ1) is 20.2. The minimum atomic E-state index is -0.716. The highest BCUT2D eigenvalue weighted by Crippen LogP contribution is 2.30. The first-order chi connectivity index (χ1) is 13.4. The molecule has 0 bridgehead atoms. The van der Waals surface area contributed by atoms with Gasteiger partial charge in [0.2, 0.25) is 0 Å². The van der Waals surface area contributed by atoms with Crippen LogP contribution in [0.4, 0.5) is 0 Å². The van der Waals surface area contributed by atoms with Gasteiger partial charge in [-0.3, -0.25) is 0 Å². The largest absolute Gasteiger partial charge is 0.479 e. The number of carbonyl (C=O) groups is 1. The molecule has 0 N–H and O–H groups in total. The first-order valence-electron chi connectivity index (χ1n) is 9.27. The molecule has 0 aliphatic rings. The predicted octanol–water partition coefficient (Wildman–Crippen LogP) is 6.61. The quantitative estimate of drug-likeness (QED) is 0.320. The maximum atomic E-state index is 12.5. The molecule has 0 saturated carbocycles. The lowest BCUT2D eigenvalue weighted by molar-refractivity contribution is -0.141. The van der Waals surface area contributed by atoms with Crippen LogP contribution in [-0.4, -0.2) is 12.1 Å². The van der Waals surface area contributed by atoms with E-state index in [0.717, 1.165) is 21.2 Å². The van der Waals surface area contributed by atoms with Crippen LogP contribution in [0.1, 0.15) is 32.3 Å². The topological polar surface area (TPSA) is 35.5 Å². The summed E-state index contributed by atoms with van der Waals surface area (Å²) in [6.07, 6.45) is -0.716. The second-order valence-corrected chi connectivity index (χ2v) is 7.82. The Hall–Kier alpha value is -2.59. The van der Waals surface area contributed by atoms with Gasteiger partial charge in [0.15, 0.2) is 6.10 Å².